The van der Waals surface area contributed by atoms with Crippen molar-refractivity contribution in [2.24, 2.45) is 5.92 Å². The summed E-state index contributed by atoms with van der Waals surface area (Å²) in [5, 5.41) is 4.22. The van der Waals surface area contributed by atoms with Gasteiger partial charge in [-0.1, -0.05) is 37.6 Å². The molecule has 1 N–H and O–H groups in total. The molecule has 0 spiro atoms. The highest BCUT2D eigenvalue weighted by molar-refractivity contribution is 6.30. The Morgan fingerprint density at radius 3 is 2.25 bits per heavy atom. The second-order valence-electron chi connectivity index (χ2n) is 4.02. The monoisotopic (exact) mass is 239 g/mol. The first kappa shape index (κ1) is 13.5. The maximum atomic E-state index is 5.84. The molecule has 2 heteroatoms. The summed E-state index contributed by atoms with van der Waals surface area (Å²) in [6, 6.07) is 8.25. The number of piperidine rings is 1. The molecule has 0 atom stereocenters. The summed E-state index contributed by atoms with van der Waals surface area (Å²) in [6.07, 6.45) is 3.82. The van der Waals surface area contributed by atoms with Crippen molar-refractivity contribution in [3.8, 4) is 0 Å². The van der Waals surface area contributed by atoms with Gasteiger partial charge in [-0.25, -0.2) is 0 Å². The van der Waals surface area contributed by atoms with Crippen LogP contribution in [0.1, 0.15) is 32.3 Å². The molecule has 1 fully saturated rings. The molecule has 1 aliphatic rings. The van der Waals surface area contributed by atoms with Crippen LogP contribution in [0, 0.1) is 5.92 Å². The molecule has 0 aliphatic carbocycles. The van der Waals surface area contributed by atoms with Crippen LogP contribution in [0.4, 0.5) is 0 Å². The summed E-state index contributed by atoms with van der Waals surface area (Å²) in [7, 11) is 0. The lowest BCUT2D eigenvalue weighted by Gasteiger charge is -2.22. The lowest BCUT2D eigenvalue weighted by molar-refractivity contribution is 0.372. The number of benzene rings is 1. The summed E-state index contributed by atoms with van der Waals surface area (Å²) >= 11 is 5.84. The molecule has 90 valence electrons. The molecule has 16 heavy (non-hydrogen) atoms. The van der Waals surface area contributed by atoms with Gasteiger partial charge in [-0.15, -0.1) is 0 Å². The van der Waals surface area contributed by atoms with Crippen molar-refractivity contribution < 1.29 is 0 Å². The van der Waals surface area contributed by atoms with Gasteiger partial charge in [-0.2, -0.15) is 0 Å². The molecule has 0 saturated carbocycles. The molecule has 0 amide bonds. The Hall–Kier alpha value is -0.530. The first-order valence-electron chi connectivity index (χ1n) is 6.30. The second kappa shape index (κ2) is 7.70. The van der Waals surface area contributed by atoms with Crippen LogP contribution in [-0.4, -0.2) is 13.1 Å². The van der Waals surface area contributed by atoms with Gasteiger partial charge in [0.15, 0.2) is 0 Å². The zero-order chi connectivity index (χ0) is 11.8. The number of rotatable bonds is 2. The fraction of sp³-hybridized carbons (Fsp3) is 0.571. The van der Waals surface area contributed by atoms with Crippen molar-refractivity contribution in [1.29, 1.82) is 0 Å². The maximum absolute atomic E-state index is 5.84. The third-order valence-electron chi connectivity index (χ3n) is 2.90. The van der Waals surface area contributed by atoms with Gasteiger partial charge in [0.1, 0.15) is 0 Å². The minimum absolute atomic E-state index is 0.832. The Kier molecular flexibility index (Phi) is 6.51. The van der Waals surface area contributed by atoms with Crippen LogP contribution in [0.3, 0.4) is 0 Å². The molecule has 1 heterocycles. The van der Waals surface area contributed by atoms with Crippen molar-refractivity contribution in [1.82, 2.24) is 5.32 Å². The zero-order valence-electron chi connectivity index (χ0n) is 10.3. The third kappa shape index (κ3) is 4.54. The van der Waals surface area contributed by atoms with Crippen LogP contribution in [0.2, 0.25) is 5.02 Å². The summed E-state index contributed by atoms with van der Waals surface area (Å²) in [6.45, 7) is 6.36. The maximum Gasteiger partial charge on any atom is 0.0406 e. The summed E-state index contributed by atoms with van der Waals surface area (Å²) in [5.41, 5.74) is 1.42. The summed E-state index contributed by atoms with van der Waals surface area (Å²) in [4.78, 5) is 0. The average Bonchev–Trinajstić information content (AvgIpc) is 2.36. The van der Waals surface area contributed by atoms with E-state index in [1.54, 1.807) is 0 Å². The third-order valence-corrected chi connectivity index (χ3v) is 3.15. The number of halogens is 1. The molecule has 1 aromatic carbocycles. The van der Waals surface area contributed by atoms with Gasteiger partial charge in [0.25, 0.3) is 0 Å². The van der Waals surface area contributed by atoms with Crippen molar-refractivity contribution in [2.45, 2.75) is 33.1 Å². The molecular formula is C14H22ClN. The van der Waals surface area contributed by atoms with E-state index in [4.69, 9.17) is 11.6 Å². The van der Waals surface area contributed by atoms with Crippen LogP contribution in [0.25, 0.3) is 0 Å². The Morgan fingerprint density at radius 2 is 1.69 bits per heavy atom. The van der Waals surface area contributed by atoms with Gasteiger partial charge in [0, 0.05) is 5.02 Å². The van der Waals surface area contributed by atoms with Crippen molar-refractivity contribution in [3.05, 3.63) is 34.9 Å². The highest BCUT2D eigenvalue weighted by atomic mass is 35.5. The fourth-order valence-electron chi connectivity index (χ4n) is 2.04. The number of hydrogen-bond donors (Lipinski definition) is 1. The highest BCUT2D eigenvalue weighted by Gasteiger charge is 2.12. The Morgan fingerprint density at radius 1 is 1.12 bits per heavy atom. The smallest absolute Gasteiger partial charge is 0.0406 e. The predicted octanol–water partition coefficient (Wildman–Crippen LogP) is 3.91. The molecule has 1 aliphatic heterocycles. The largest absolute Gasteiger partial charge is 0.317 e. The lowest BCUT2D eigenvalue weighted by atomic mass is 9.91. The summed E-state index contributed by atoms with van der Waals surface area (Å²) in [5.74, 6) is 0.859. The van der Waals surface area contributed by atoms with Crippen molar-refractivity contribution in [3.63, 3.8) is 0 Å². The molecule has 0 bridgehead atoms. The molecule has 1 saturated heterocycles. The Labute approximate surface area is 104 Å². The normalized spacial score (nSPS) is 16.4. The van der Waals surface area contributed by atoms with E-state index in [2.05, 4.69) is 17.4 Å². The van der Waals surface area contributed by atoms with Gasteiger partial charge in [-0.05, 0) is 56.0 Å². The van der Waals surface area contributed by atoms with Crippen LogP contribution in [0.15, 0.2) is 24.3 Å². The summed E-state index contributed by atoms with van der Waals surface area (Å²) < 4.78 is 0. The van der Waals surface area contributed by atoms with Gasteiger partial charge < -0.3 is 5.32 Å². The number of hydrogen-bond acceptors (Lipinski definition) is 1. The van der Waals surface area contributed by atoms with E-state index in [9.17, 15) is 0 Å². The Balaban J connectivity index is 0.000000606. The molecule has 0 unspecified atom stereocenters. The lowest BCUT2D eigenvalue weighted by Crippen LogP contribution is -2.28. The van der Waals surface area contributed by atoms with Crippen LogP contribution in [0.5, 0.6) is 0 Å². The molecular weight excluding hydrogens is 218 g/mol. The first-order valence-corrected chi connectivity index (χ1v) is 6.67. The molecule has 1 aromatic rings. The van der Waals surface area contributed by atoms with Crippen LogP contribution < -0.4 is 5.32 Å². The van der Waals surface area contributed by atoms with E-state index >= 15 is 0 Å². The van der Waals surface area contributed by atoms with E-state index in [1.165, 1.54) is 37.9 Å². The van der Waals surface area contributed by atoms with E-state index in [0.29, 0.717) is 0 Å². The quantitative estimate of drug-likeness (QED) is 0.825. The van der Waals surface area contributed by atoms with Crippen LogP contribution >= 0.6 is 11.6 Å². The molecule has 1 nitrogen and oxygen atoms in total. The fourth-order valence-corrected chi connectivity index (χ4v) is 2.17. The Bertz CT molecular complexity index is 275. The second-order valence-corrected chi connectivity index (χ2v) is 4.46. The predicted molar refractivity (Wildman–Crippen MR) is 72.1 cm³/mol. The van der Waals surface area contributed by atoms with Crippen LogP contribution in [-0.2, 0) is 6.42 Å². The van der Waals surface area contributed by atoms with E-state index in [-0.39, 0.29) is 0 Å². The highest BCUT2D eigenvalue weighted by Crippen LogP contribution is 2.19. The van der Waals surface area contributed by atoms with E-state index < -0.39 is 0 Å². The van der Waals surface area contributed by atoms with Crippen molar-refractivity contribution in [2.75, 3.05) is 13.1 Å². The van der Waals surface area contributed by atoms with Gasteiger partial charge >= 0.3 is 0 Å². The minimum atomic E-state index is 0.832. The standard InChI is InChI=1S/C12H16ClN.C2H6/c13-12-3-1-10(2-4-12)9-11-5-7-14-8-6-11;1-2/h1-4,11,14H,5-9H2;1-2H3. The van der Waals surface area contributed by atoms with E-state index in [1.807, 2.05) is 26.0 Å². The van der Waals surface area contributed by atoms with Gasteiger partial charge in [-0.3, -0.25) is 0 Å². The number of nitrogens with one attached hydrogen (secondary N) is 1. The van der Waals surface area contributed by atoms with Crippen molar-refractivity contribution >= 4 is 11.6 Å². The first-order chi connectivity index (χ1) is 7.84. The minimum Gasteiger partial charge on any atom is -0.317 e. The molecule has 0 aromatic heterocycles. The molecule has 2 rings (SSSR count). The van der Waals surface area contributed by atoms with Gasteiger partial charge in [0.05, 0.1) is 0 Å². The molecule has 0 radical (unpaired) electrons. The SMILES string of the molecule is CC.Clc1ccc(CC2CCNCC2)cc1. The van der Waals surface area contributed by atoms with Gasteiger partial charge in [0.2, 0.25) is 0 Å². The van der Waals surface area contributed by atoms with E-state index in [0.717, 1.165) is 10.9 Å². The zero-order valence-corrected chi connectivity index (χ0v) is 11.1. The topological polar surface area (TPSA) is 12.0 Å². The average molecular weight is 240 g/mol.